The summed E-state index contributed by atoms with van der Waals surface area (Å²) in [6.07, 6.45) is 3.77. The number of nitrogens with zero attached hydrogens (tertiary/aromatic N) is 2. The predicted octanol–water partition coefficient (Wildman–Crippen LogP) is 4.48. The van der Waals surface area contributed by atoms with E-state index in [9.17, 15) is 9.59 Å². The number of hydrogen-bond donors (Lipinski definition) is 2. The maximum Gasteiger partial charge on any atom is 0.259 e. The second-order valence-corrected chi connectivity index (χ2v) is 9.57. The Labute approximate surface area is 181 Å². The fraction of sp³-hybridized carbons (Fsp3) is 0.273. The number of aromatic amines is 1. The van der Waals surface area contributed by atoms with Crippen LogP contribution in [0, 0.1) is 6.92 Å². The molecule has 8 heteroatoms. The average Bonchev–Trinajstić information content (AvgIpc) is 3.43. The largest absolute Gasteiger partial charge is 0.326 e. The highest BCUT2D eigenvalue weighted by molar-refractivity contribution is 7.18. The van der Waals surface area contributed by atoms with Gasteiger partial charge in [-0.05, 0) is 43.9 Å². The van der Waals surface area contributed by atoms with Gasteiger partial charge in [-0.2, -0.15) is 0 Å². The number of nitrogens with one attached hydrogen (secondary N) is 2. The Hall–Kier alpha value is -2.84. The molecule has 0 atom stereocenters. The Morgan fingerprint density at radius 1 is 1.20 bits per heavy atom. The first-order valence-corrected chi connectivity index (χ1v) is 11.6. The smallest absolute Gasteiger partial charge is 0.259 e. The highest BCUT2D eigenvalue weighted by Gasteiger charge is 2.21. The van der Waals surface area contributed by atoms with Gasteiger partial charge >= 0.3 is 0 Å². The van der Waals surface area contributed by atoms with Gasteiger partial charge in [-0.15, -0.1) is 22.7 Å². The molecular formula is C22H20N4O2S2. The van der Waals surface area contributed by atoms with Crippen molar-refractivity contribution in [3.8, 4) is 11.3 Å². The lowest BCUT2D eigenvalue weighted by atomic mass is 10.1. The molecule has 0 radical (unpaired) electrons. The summed E-state index contributed by atoms with van der Waals surface area (Å²) in [6, 6.07) is 7.66. The third-order valence-electron chi connectivity index (χ3n) is 5.30. The van der Waals surface area contributed by atoms with Crippen LogP contribution in [0.15, 0.2) is 34.4 Å². The van der Waals surface area contributed by atoms with Crippen LogP contribution in [0.5, 0.6) is 0 Å². The molecule has 2 N–H and O–H groups in total. The lowest BCUT2D eigenvalue weighted by molar-refractivity contribution is -0.116. The molecule has 0 fully saturated rings. The molecule has 6 nitrogen and oxygen atoms in total. The van der Waals surface area contributed by atoms with E-state index in [-0.39, 0.29) is 17.9 Å². The summed E-state index contributed by atoms with van der Waals surface area (Å²) < 4.78 is 0. The number of aryl methyl sites for hydroxylation is 4. The van der Waals surface area contributed by atoms with Gasteiger partial charge in [0.25, 0.3) is 5.56 Å². The minimum absolute atomic E-state index is 0.0809. The summed E-state index contributed by atoms with van der Waals surface area (Å²) in [4.78, 5) is 38.9. The summed E-state index contributed by atoms with van der Waals surface area (Å²) >= 11 is 3.23. The number of amides is 1. The van der Waals surface area contributed by atoms with Crippen LogP contribution in [-0.2, 0) is 24.1 Å². The van der Waals surface area contributed by atoms with E-state index >= 15 is 0 Å². The van der Waals surface area contributed by atoms with Gasteiger partial charge in [0.2, 0.25) is 5.91 Å². The molecule has 1 amide bonds. The Bertz CT molecular complexity index is 1300. The van der Waals surface area contributed by atoms with Gasteiger partial charge in [0.05, 0.1) is 16.1 Å². The summed E-state index contributed by atoms with van der Waals surface area (Å²) in [5.41, 5.74) is 3.80. The Balaban J connectivity index is 1.23. The number of benzene rings is 1. The van der Waals surface area contributed by atoms with Crippen molar-refractivity contribution in [3.05, 3.63) is 61.3 Å². The first-order chi connectivity index (χ1) is 14.6. The van der Waals surface area contributed by atoms with Gasteiger partial charge in [-0.1, -0.05) is 12.1 Å². The number of anilines is 1. The van der Waals surface area contributed by atoms with Crippen molar-refractivity contribution in [1.82, 2.24) is 15.0 Å². The quantitative estimate of drug-likeness (QED) is 0.483. The van der Waals surface area contributed by atoms with Crippen molar-refractivity contribution in [3.63, 3.8) is 0 Å². The van der Waals surface area contributed by atoms with E-state index in [1.165, 1.54) is 10.4 Å². The number of thiazole rings is 1. The van der Waals surface area contributed by atoms with E-state index in [2.05, 4.69) is 20.3 Å². The zero-order valence-electron chi connectivity index (χ0n) is 16.4. The lowest BCUT2D eigenvalue weighted by Crippen LogP contribution is -2.16. The van der Waals surface area contributed by atoms with Crippen LogP contribution in [0.4, 0.5) is 5.69 Å². The minimum atomic E-state index is -0.108. The standard InChI is InChI=1S/C22H20N4O2S2/c1-12-23-16(11-29-12)13-5-7-14(8-6-13)24-19(27)10-9-18-25-21(28)20-15-3-2-4-17(15)30-22(20)26-18/h5-8,11H,2-4,9-10H2,1H3,(H,24,27)(H,25,26,28). The Kier molecular flexibility index (Phi) is 4.96. The van der Waals surface area contributed by atoms with Gasteiger partial charge in [0, 0.05) is 34.3 Å². The summed E-state index contributed by atoms with van der Waals surface area (Å²) in [5, 5.41) is 6.70. The predicted molar refractivity (Wildman–Crippen MR) is 122 cm³/mol. The van der Waals surface area contributed by atoms with Crippen molar-refractivity contribution < 1.29 is 4.79 Å². The summed E-state index contributed by atoms with van der Waals surface area (Å²) in [7, 11) is 0. The van der Waals surface area contributed by atoms with E-state index < -0.39 is 0 Å². The molecule has 3 heterocycles. The second kappa shape index (κ2) is 7.77. The summed E-state index contributed by atoms with van der Waals surface area (Å²) in [6.45, 7) is 1.98. The van der Waals surface area contributed by atoms with Crippen LogP contribution in [-0.4, -0.2) is 20.9 Å². The van der Waals surface area contributed by atoms with Crippen LogP contribution in [0.1, 0.15) is 34.1 Å². The SMILES string of the molecule is Cc1nc(-c2ccc(NC(=O)CCc3nc4sc5c(c4c(=O)[nH]3)CCC5)cc2)cs1. The zero-order chi connectivity index (χ0) is 20.7. The first-order valence-electron chi connectivity index (χ1n) is 9.93. The molecule has 1 aromatic carbocycles. The van der Waals surface area contributed by atoms with Gasteiger partial charge in [-0.25, -0.2) is 9.97 Å². The highest BCUT2D eigenvalue weighted by atomic mass is 32.1. The molecule has 0 aliphatic heterocycles. The highest BCUT2D eigenvalue weighted by Crippen LogP contribution is 2.34. The van der Waals surface area contributed by atoms with Gasteiger partial charge in [-0.3, -0.25) is 9.59 Å². The van der Waals surface area contributed by atoms with Crippen molar-refractivity contribution in [2.24, 2.45) is 0 Å². The molecule has 0 bridgehead atoms. The van der Waals surface area contributed by atoms with Crippen LogP contribution in [0.2, 0.25) is 0 Å². The molecular weight excluding hydrogens is 416 g/mol. The van der Waals surface area contributed by atoms with Gasteiger partial charge in [0.1, 0.15) is 10.7 Å². The molecule has 1 aliphatic rings. The third kappa shape index (κ3) is 3.68. The number of carbonyl (C=O) groups excluding carboxylic acids is 1. The second-order valence-electron chi connectivity index (χ2n) is 7.43. The number of thiophene rings is 1. The average molecular weight is 437 g/mol. The number of aromatic nitrogens is 3. The number of H-pyrrole nitrogens is 1. The molecule has 0 saturated heterocycles. The van der Waals surface area contributed by atoms with Crippen LogP contribution >= 0.6 is 22.7 Å². The van der Waals surface area contributed by atoms with Crippen molar-refractivity contribution in [1.29, 1.82) is 0 Å². The van der Waals surface area contributed by atoms with Crippen molar-refractivity contribution >= 4 is 44.5 Å². The molecule has 3 aromatic heterocycles. The van der Waals surface area contributed by atoms with E-state index in [4.69, 9.17) is 0 Å². The lowest BCUT2D eigenvalue weighted by Gasteiger charge is -2.06. The summed E-state index contributed by atoms with van der Waals surface area (Å²) in [5.74, 6) is 0.459. The Morgan fingerprint density at radius 3 is 2.80 bits per heavy atom. The van der Waals surface area contributed by atoms with Crippen LogP contribution < -0.4 is 10.9 Å². The molecule has 0 spiro atoms. The van der Waals surface area contributed by atoms with E-state index in [0.29, 0.717) is 12.2 Å². The monoisotopic (exact) mass is 436 g/mol. The van der Waals surface area contributed by atoms with Gasteiger partial charge < -0.3 is 10.3 Å². The fourth-order valence-corrected chi connectivity index (χ4v) is 5.74. The topological polar surface area (TPSA) is 87.7 Å². The normalized spacial score (nSPS) is 13.0. The van der Waals surface area contributed by atoms with Gasteiger partial charge in [0.15, 0.2) is 0 Å². The maximum absolute atomic E-state index is 12.5. The molecule has 0 unspecified atom stereocenters. The molecule has 4 aromatic rings. The van der Waals surface area contributed by atoms with E-state index in [1.54, 1.807) is 22.7 Å². The van der Waals surface area contributed by atoms with Crippen molar-refractivity contribution in [2.45, 2.75) is 39.0 Å². The number of fused-ring (bicyclic) bond motifs is 3. The molecule has 5 rings (SSSR count). The fourth-order valence-electron chi connectivity index (χ4n) is 3.84. The van der Waals surface area contributed by atoms with Crippen LogP contribution in [0.3, 0.4) is 0 Å². The number of hydrogen-bond acceptors (Lipinski definition) is 6. The zero-order valence-corrected chi connectivity index (χ0v) is 18.1. The molecule has 1 aliphatic carbocycles. The van der Waals surface area contributed by atoms with Crippen LogP contribution in [0.25, 0.3) is 21.5 Å². The first kappa shape index (κ1) is 19.1. The number of carbonyl (C=O) groups is 1. The maximum atomic E-state index is 12.5. The Morgan fingerprint density at radius 2 is 2.03 bits per heavy atom. The molecule has 30 heavy (non-hydrogen) atoms. The number of rotatable bonds is 5. The third-order valence-corrected chi connectivity index (χ3v) is 7.26. The molecule has 0 saturated carbocycles. The minimum Gasteiger partial charge on any atom is -0.326 e. The van der Waals surface area contributed by atoms with E-state index in [0.717, 1.165) is 51.4 Å². The van der Waals surface area contributed by atoms with E-state index in [1.807, 2.05) is 36.6 Å². The molecule has 152 valence electrons. The van der Waals surface area contributed by atoms with Crippen molar-refractivity contribution in [2.75, 3.05) is 5.32 Å².